The van der Waals surface area contributed by atoms with Crippen LogP contribution in [-0.4, -0.2) is 33.4 Å². The first-order chi connectivity index (χ1) is 11.3. The zero-order chi connectivity index (χ0) is 17.5. The third-order valence-electron chi connectivity index (χ3n) is 4.08. The molecule has 1 aromatic carbocycles. The predicted molar refractivity (Wildman–Crippen MR) is 87.0 cm³/mol. The van der Waals surface area contributed by atoms with E-state index in [1.54, 1.807) is 25.4 Å². The van der Waals surface area contributed by atoms with Crippen molar-refractivity contribution in [3.8, 4) is 5.75 Å². The molecule has 3 rings (SSSR count). The first-order valence-electron chi connectivity index (χ1n) is 7.00. The number of hydrogen-bond acceptors (Lipinski definition) is 5. The van der Waals surface area contributed by atoms with Gasteiger partial charge in [-0.1, -0.05) is 23.2 Å². The maximum atomic E-state index is 12.9. The maximum Gasteiger partial charge on any atom is 0.341 e. The van der Waals surface area contributed by atoms with Crippen LogP contribution in [0, 0.1) is 0 Å². The van der Waals surface area contributed by atoms with Gasteiger partial charge in [0.25, 0.3) is 0 Å². The molecule has 0 saturated heterocycles. The van der Waals surface area contributed by atoms with Gasteiger partial charge in [-0.2, -0.15) is 0 Å². The average Bonchev–Trinajstić information content (AvgIpc) is 2.82. The molecule has 24 heavy (non-hydrogen) atoms. The Hall–Kier alpha value is -2.18. The highest BCUT2D eigenvalue weighted by Gasteiger charge is 2.45. The lowest BCUT2D eigenvalue weighted by Crippen LogP contribution is -2.29. The van der Waals surface area contributed by atoms with Crippen LogP contribution >= 0.6 is 23.2 Å². The minimum atomic E-state index is -1.13. The second-order valence-corrected chi connectivity index (χ2v) is 6.44. The average molecular weight is 367 g/mol. The fraction of sp³-hybridized carbons (Fsp3) is 0.250. The van der Waals surface area contributed by atoms with Crippen LogP contribution in [0.15, 0.2) is 24.8 Å². The van der Waals surface area contributed by atoms with E-state index in [0.717, 1.165) is 0 Å². The molecule has 0 saturated carbocycles. The number of benzene rings is 1. The van der Waals surface area contributed by atoms with Crippen molar-refractivity contribution in [1.82, 2.24) is 9.97 Å². The summed E-state index contributed by atoms with van der Waals surface area (Å²) >= 11 is 12.4. The third kappa shape index (κ3) is 2.61. The number of carboxylic acids is 1. The van der Waals surface area contributed by atoms with Crippen molar-refractivity contribution in [2.24, 2.45) is 0 Å². The number of carboxylic acid groups (broad SMARTS) is 1. The Balaban J connectivity index is 2.05. The summed E-state index contributed by atoms with van der Waals surface area (Å²) in [6.45, 7) is 1.24. The molecule has 0 spiro atoms. The molecule has 1 heterocycles. The lowest BCUT2D eigenvalue weighted by Gasteiger charge is -2.21. The minimum Gasteiger partial charge on any atom is -0.480 e. The van der Waals surface area contributed by atoms with E-state index in [9.17, 15) is 9.59 Å². The summed E-state index contributed by atoms with van der Waals surface area (Å²) in [5, 5.41) is 8.83. The molecule has 6 nitrogen and oxygen atoms in total. The SMILES string of the molecule is C[C@]1(c2cncnc2)Cc2cc(OCC(=O)O)c(Cl)c(Cl)c2C1=O. The highest BCUT2D eigenvalue weighted by Crippen LogP contribution is 2.47. The van der Waals surface area contributed by atoms with Gasteiger partial charge in [-0.25, -0.2) is 14.8 Å². The summed E-state index contributed by atoms with van der Waals surface area (Å²) in [7, 11) is 0. The van der Waals surface area contributed by atoms with Gasteiger partial charge in [0, 0.05) is 23.5 Å². The molecule has 0 unspecified atom stereocenters. The van der Waals surface area contributed by atoms with Crippen LogP contribution in [0.3, 0.4) is 0 Å². The van der Waals surface area contributed by atoms with E-state index in [2.05, 4.69) is 9.97 Å². The number of ketones is 1. The van der Waals surface area contributed by atoms with E-state index in [1.165, 1.54) is 6.33 Å². The lowest BCUT2D eigenvalue weighted by molar-refractivity contribution is -0.139. The molecule has 0 aliphatic heterocycles. The number of carbonyl (C=O) groups is 2. The Morgan fingerprint density at radius 2 is 2.00 bits per heavy atom. The molecule has 2 aromatic rings. The topological polar surface area (TPSA) is 89.4 Å². The molecular formula is C16H12Cl2N2O4. The van der Waals surface area contributed by atoms with E-state index < -0.39 is 18.0 Å². The molecule has 1 aliphatic carbocycles. The van der Waals surface area contributed by atoms with Gasteiger partial charge >= 0.3 is 5.97 Å². The zero-order valence-electron chi connectivity index (χ0n) is 12.5. The number of aliphatic carboxylic acids is 1. The van der Waals surface area contributed by atoms with Crippen molar-refractivity contribution in [1.29, 1.82) is 0 Å². The number of rotatable bonds is 4. The third-order valence-corrected chi connectivity index (χ3v) is 4.93. The molecule has 124 valence electrons. The number of carbonyl (C=O) groups excluding carboxylic acids is 1. The molecule has 1 aromatic heterocycles. The lowest BCUT2D eigenvalue weighted by atomic mass is 9.80. The highest BCUT2D eigenvalue weighted by molar-refractivity contribution is 6.45. The van der Waals surface area contributed by atoms with Crippen LogP contribution in [0.4, 0.5) is 0 Å². The Morgan fingerprint density at radius 3 is 2.62 bits per heavy atom. The van der Waals surface area contributed by atoms with Crippen LogP contribution in [0.2, 0.25) is 10.0 Å². The van der Waals surface area contributed by atoms with Gasteiger partial charge in [-0.15, -0.1) is 0 Å². The van der Waals surface area contributed by atoms with E-state index >= 15 is 0 Å². The van der Waals surface area contributed by atoms with Crippen molar-refractivity contribution >= 4 is 35.0 Å². The van der Waals surface area contributed by atoms with Gasteiger partial charge in [0.2, 0.25) is 0 Å². The molecule has 1 N–H and O–H groups in total. The van der Waals surface area contributed by atoms with Gasteiger partial charge < -0.3 is 9.84 Å². The van der Waals surface area contributed by atoms with E-state index in [0.29, 0.717) is 23.1 Å². The van der Waals surface area contributed by atoms with Gasteiger partial charge in [0.1, 0.15) is 17.1 Å². The van der Waals surface area contributed by atoms with Crippen LogP contribution < -0.4 is 4.74 Å². The summed E-state index contributed by atoms with van der Waals surface area (Å²) in [6, 6.07) is 1.57. The number of Topliss-reactive ketones (excluding diaryl/α,β-unsaturated/α-hetero) is 1. The molecular weight excluding hydrogens is 355 g/mol. The summed E-state index contributed by atoms with van der Waals surface area (Å²) in [5.41, 5.74) is 0.797. The maximum absolute atomic E-state index is 12.9. The first kappa shape index (κ1) is 16.7. The van der Waals surface area contributed by atoms with Gasteiger partial charge in [-0.3, -0.25) is 4.79 Å². The first-order valence-corrected chi connectivity index (χ1v) is 7.76. The van der Waals surface area contributed by atoms with Crippen LogP contribution in [0.25, 0.3) is 0 Å². The van der Waals surface area contributed by atoms with Gasteiger partial charge in [0.05, 0.1) is 10.4 Å². The largest absolute Gasteiger partial charge is 0.480 e. The van der Waals surface area contributed by atoms with Gasteiger partial charge in [0.15, 0.2) is 12.4 Å². The number of fused-ring (bicyclic) bond motifs is 1. The quantitative estimate of drug-likeness (QED) is 0.894. The molecule has 0 radical (unpaired) electrons. The number of ether oxygens (including phenoxy) is 1. The monoisotopic (exact) mass is 366 g/mol. The molecule has 0 fully saturated rings. The summed E-state index contributed by atoms with van der Waals surface area (Å²) in [4.78, 5) is 31.5. The zero-order valence-corrected chi connectivity index (χ0v) is 14.1. The van der Waals surface area contributed by atoms with Crippen LogP contribution in [0.1, 0.15) is 28.4 Å². The fourth-order valence-electron chi connectivity index (χ4n) is 2.84. The highest BCUT2D eigenvalue weighted by atomic mass is 35.5. The van der Waals surface area contributed by atoms with Gasteiger partial charge in [-0.05, 0) is 25.0 Å². The van der Waals surface area contributed by atoms with Crippen molar-refractivity contribution in [3.63, 3.8) is 0 Å². The predicted octanol–water partition coefficient (Wildman–Crippen LogP) is 2.94. The van der Waals surface area contributed by atoms with E-state index in [-0.39, 0.29) is 21.6 Å². The Labute approximate surface area is 147 Å². The second-order valence-electron chi connectivity index (χ2n) is 5.68. The number of aromatic nitrogens is 2. The molecule has 8 heteroatoms. The number of nitrogens with zero attached hydrogens (tertiary/aromatic N) is 2. The van der Waals surface area contributed by atoms with E-state index in [4.69, 9.17) is 33.0 Å². The summed E-state index contributed by atoms with van der Waals surface area (Å²) in [5.74, 6) is -1.17. The van der Waals surface area contributed by atoms with Crippen LogP contribution in [-0.2, 0) is 16.6 Å². The van der Waals surface area contributed by atoms with Crippen molar-refractivity contribution < 1.29 is 19.4 Å². The normalized spacial score (nSPS) is 19.2. The second kappa shape index (κ2) is 6.03. The van der Waals surface area contributed by atoms with Crippen LogP contribution in [0.5, 0.6) is 5.75 Å². The minimum absolute atomic E-state index is 0.0265. The number of halogens is 2. The Kier molecular flexibility index (Phi) is 4.19. The summed E-state index contributed by atoms with van der Waals surface area (Å²) < 4.78 is 5.16. The standard InChI is InChI=1S/C16H12Cl2N2O4/c1-16(9-4-19-7-20-5-9)3-8-2-10(24-6-11(21)22)13(17)14(18)12(8)15(16)23/h2,4-5,7H,3,6H2,1H3,(H,21,22)/t16-/m1/s1. The molecule has 0 bridgehead atoms. The van der Waals surface area contributed by atoms with Crippen molar-refractivity contribution in [3.05, 3.63) is 51.5 Å². The van der Waals surface area contributed by atoms with Crippen molar-refractivity contribution in [2.75, 3.05) is 6.61 Å². The molecule has 1 atom stereocenters. The molecule has 0 amide bonds. The molecule has 1 aliphatic rings. The fourth-order valence-corrected chi connectivity index (χ4v) is 3.34. The van der Waals surface area contributed by atoms with Crippen molar-refractivity contribution in [2.45, 2.75) is 18.8 Å². The van der Waals surface area contributed by atoms with E-state index in [1.807, 2.05) is 0 Å². The Morgan fingerprint density at radius 1 is 1.33 bits per heavy atom. The Bertz CT molecular complexity index is 842. The smallest absolute Gasteiger partial charge is 0.341 e. The number of hydrogen-bond donors (Lipinski definition) is 1. The summed E-state index contributed by atoms with van der Waals surface area (Å²) in [6.07, 6.45) is 4.94.